The summed E-state index contributed by atoms with van der Waals surface area (Å²) in [6.07, 6.45) is 3.58. The lowest BCUT2D eigenvalue weighted by atomic mass is 10.1. The second-order valence-corrected chi connectivity index (χ2v) is 6.05. The van der Waals surface area contributed by atoms with Gasteiger partial charge in [0, 0.05) is 24.0 Å². The molecular weight excluding hydrogens is 290 g/mol. The van der Waals surface area contributed by atoms with Crippen LogP contribution in [0.5, 0.6) is 0 Å². The molecule has 3 nitrogen and oxygen atoms in total. The van der Waals surface area contributed by atoms with E-state index in [1.165, 1.54) is 29.7 Å². The molecule has 1 N–H and O–H groups in total. The number of rotatable bonds is 2. The van der Waals surface area contributed by atoms with Crippen molar-refractivity contribution in [2.24, 2.45) is 7.05 Å². The zero-order valence-electron chi connectivity index (χ0n) is 10.8. The number of fused-ring (bicyclic) bond motifs is 1. The van der Waals surface area contributed by atoms with Crippen LogP contribution in [0.1, 0.15) is 24.2 Å². The first-order chi connectivity index (χ1) is 8.65. The van der Waals surface area contributed by atoms with E-state index >= 15 is 0 Å². The Hall–Kier alpha value is -0.870. The molecule has 2 aromatic rings. The van der Waals surface area contributed by atoms with Crippen molar-refractivity contribution in [3.8, 4) is 0 Å². The number of hydrogen-bond acceptors (Lipinski definition) is 2. The summed E-state index contributed by atoms with van der Waals surface area (Å²) < 4.78 is 3.33. The average Bonchev–Trinajstić information content (AvgIpc) is 2.91. The van der Waals surface area contributed by atoms with E-state index in [1.807, 2.05) is 0 Å². The van der Waals surface area contributed by atoms with E-state index in [2.05, 4.69) is 51.9 Å². The van der Waals surface area contributed by atoms with Gasteiger partial charge in [0.25, 0.3) is 0 Å². The first-order valence-corrected chi connectivity index (χ1v) is 7.29. The van der Waals surface area contributed by atoms with E-state index in [4.69, 9.17) is 4.98 Å². The van der Waals surface area contributed by atoms with Gasteiger partial charge in [-0.25, -0.2) is 4.98 Å². The fourth-order valence-electron chi connectivity index (χ4n) is 2.76. The van der Waals surface area contributed by atoms with Crippen LogP contribution < -0.4 is 5.32 Å². The fraction of sp³-hybridized carbons (Fsp3) is 0.500. The van der Waals surface area contributed by atoms with Gasteiger partial charge in [-0.1, -0.05) is 0 Å². The number of aromatic nitrogens is 2. The summed E-state index contributed by atoms with van der Waals surface area (Å²) in [7, 11) is 2.12. The van der Waals surface area contributed by atoms with Crippen molar-refractivity contribution in [1.82, 2.24) is 14.9 Å². The van der Waals surface area contributed by atoms with E-state index in [1.54, 1.807) is 0 Å². The number of nitrogens with one attached hydrogen (secondary N) is 1. The molecule has 1 unspecified atom stereocenters. The maximum atomic E-state index is 4.79. The minimum absolute atomic E-state index is 0.598. The normalized spacial score (nSPS) is 19.8. The summed E-state index contributed by atoms with van der Waals surface area (Å²) in [5.74, 6) is 1.18. The molecule has 1 aromatic carbocycles. The van der Waals surface area contributed by atoms with Crippen LogP contribution in [0.3, 0.4) is 0 Å². The van der Waals surface area contributed by atoms with Gasteiger partial charge in [0.15, 0.2) is 0 Å². The van der Waals surface area contributed by atoms with E-state index in [0.717, 1.165) is 23.0 Å². The van der Waals surface area contributed by atoms with Crippen LogP contribution in [-0.2, 0) is 13.5 Å². The molecule has 2 heterocycles. The lowest BCUT2D eigenvalue weighted by Gasteiger charge is -2.09. The first-order valence-electron chi connectivity index (χ1n) is 6.50. The highest BCUT2D eigenvalue weighted by molar-refractivity contribution is 9.10. The summed E-state index contributed by atoms with van der Waals surface area (Å²) >= 11 is 3.62. The quantitative estimate of drug-likeness (QED) is 0.924. The van der Waals surface area contributed by atoms with Crippen molar-refractivity contribution in [3.63, 3.8) is 0 Å². The first kappa shape index (κ1) is 12.2. The summed E-state index contributed by atoms with van der Waals surface area (Å²) in [4.78, 5) is 4.79. The molecule has 0 saturated carbocycles. The Balaban J connectivity index is 2.02. The summed E-state index contributed by atoms with van der Waals surface area (Å²) in [6.45, 7) is 3.27. The van der Waals surface area contributed by atoms with Crippen molar-refractivity contribution >= 4 is 27.0 Å². The average molecular weight is 308 g/mol. The van der Waals surface area contributed by atoms with Crippen LogP contribution in [0.2, 0.25) is 0 Å². The van der Waals surface area contributed by atoms with Crippen molar-refractivity contribution in [1.29, 1.82) is 0 Å². The molecule has 0 radical (unpaired) electrons. The monoisotopic (exact) mass is 307 g/mol. The lowest BCUT2D eigenvalue weighted by molar-refractivity contribution is 0.575. The number of benzene rings is 1. The van der Waals surface area contributed by atoms with Crippen LogP contribution in [0.15, 0.2) is 16.6 Å². The molecule has 0 aliphatic carbocycles. The topological polar surface area (TPSA) is 29.9 Å². The smallest absolute Gasteiger partial charge is 0.111 e. The van der Waals surface area contributed by atoms with E-state index in [0.29, 0.717) is 6.04 Å². The third-order valence-corrected chi connectivity index (χ3v) is 4.37. The largest absolute Gasteiger partial charge is 0.331 e. The molecule has 1 aliphatic rings. The van der Waals surface area contributed by atoms with Gasteiger partial charge >= 0.3 is 0 Å². The zero-order chi connectivity index (χ0) is 12.7. The number of nitrogens with zero attached hydrogens (tertiary/aromatic N) is 2. The van der Waals surface area contributed by atoms with Crippen LogP contribution in [0, 0.1) is 6.92 Å². The Morgan fingerprint density at radius 2 is 2.33 bits per heavy atom. The minimum Gasteiger partial charge on any atom is -0.331 e. The van der Waals surface area contributed by atoms with Gasteiger partial charge in [0.2, 0.25) is 0 Å². The second-order valence-electron chi connectivity index (χ2n) is 5.20. The fourth-order valence-corrected chi connectivity index (χ4v) is 3.41. The molecule has 18 heavy (non-hydrogen) atoms. The number of imidazole rings is 1. The van der Waals surface area contributed by atoms with Crippen LogP contribution in [-0.4, -0.2) is 22.1 Å². The molecule has 1 atom stereocenters. The van der Waals surface area contributed by atoms with Gasteiger partial charge in [0.05, 0.1) is 5.52 Å². The molecule has 3 rings (SSSR count). The maximum Gasteiger partial charge on any atom is 0.111 e. The summed E-state index contributed by atoms with van der Waals surface area (Å²) in [5, 5.41) is 3.54. The Morgan fingerprint density at radius 1 is 1.50 bits per heavy atom. The van der Waals surface area contributed by atoms with Crippen LogP contribution in [0.4, 0.5) is 0 Å². The molecule has 1 fully saturated rings. The molecule has 1 aliphatic heterocycles. The standard InChI is InChI=1S/C14H18BrN3/c1-9-6-11(15)14-12(7-9)18(2)13(17-14)8-10-4-3-5-16-10/h6-7,10,16H,3-5,8H2,1-2H3. The number of halogens is 1. The Labute approximate surface area is 116 Å². The summed E-state index contributed by atoms with van der Waals surface area (Å²) in [6, 6.07) is 4.94. The Morgan fingerprint density at radius 3 is 3.06 bits per heavy atom. The molecule has 96 valence electrons. The molecule has 4 heteroatoms. The van der Waals surface area contributed by atoms with Crippen LogP contribution >= 0.6 is 15.9 Å². The second kappa shape index (κ2) is 4.67. The molecular formula is C14H18BrN3. The highest BCUT2D eigenvalue weighted by Crippen LogP contribution is 2.26. The van der Waals surface area contributed by atoms with Gasteiger partial charge in [-0.15, -0.1) is 0 Å². The minimum atomic E-state index is 0.598. The Kier molecular flexibility index (Phi) is 3.16. The number of aryl methyl sites for hydroxylation is 2. The zero-order valence-corrected chi connectivity index (χ0v) is 12.4. The van der Waals surface area contributed by atoms with Crippen molar-refractivity contribution in [2.45, 2.75) is 32.2 Å². The van der Waals surface area contributed by atoms with E-state index in [-0.39, 0.29) is 0 Å². The molecule has 0 amide bonds. The molecule has 1 aromatic heterocycles. The molecule has 1 saturated heterocycles. The van der Waals surface area contributed by atoms with Crippen molar-refractivity contribution < 1.29 is 0 Å². The molecule has 0 bridgehead atoms. The van der Waals surface area contributed by atoms with Crippen molar-refractivity contribution in [2.75, 3.05) is 6.54 Å². The van der Waals surface area contributed by atoms with E-state index in [9.17, 15) is 0 Å². The van der Waals surface area contributed by atoms with Gasteiger partial charge in [-0.3, -0.25) is 0 Å². The van der Waals surface area contributed by atoms with Gasteiger partial charge in [-0.05, 0) is 59.9 Å². The van der Waals surface area contributed by atoms with E-state index < -0.39 is 0 Å². The van der Waals surface area contributed by atoms with Gasteiger partial charge in [-0.2, -0.15) is 0 Å². The predicted molar refractivity (Wildman–Crippen MR) is 77.9 cm³/mol. The maximum absolute atomic E-state index is 4.79. The SMILES string of the molecule is Cc1cc(Br)c2nc(CC3CCCN3)n(C)c2c1. The summed E-state index contributed by atoms with van der Waals surface area (Å²) in [5.41, 5.74) is 3.56. The van der Waals surface area contributed by atoms with Crippen LogP contribution in [0.25, 0.3) is 11.0 Å². The predicted octanol–water partition coefficient (Wildman–Crippen LogP) is 2.94. The van der Waals surface area contributed by atoms with Crippen molar-refractivity contribution in [3.05, 3.63) is 28.0 Å². The Bertz CT molecular complexity index is 582. The highest BCUT2D eigenvalue weighted by atomic mass is 79.9. The number of hydrogen-bond donors (Lipinski definition) is 1. The lowest BCUT2D eigenvalue weighted by Crippen LogP contribution is -2.25. The molecule has 0 spiro atoms. The van der Waals surface area contributed by atoms with Gasteiger partial charge in [0.1, 0.15) is 11.3 Å². The van der Waals surface area contributed by atoms with Gasteiger partial charge < -0.3 is 9.88 Å². The third-order valence-electron chi connectivity index (χ3n) is 3.77. The third kappa shape index (κ3) is 2.08. The highest BCUT2D eigenvalue weighted by Gasteiger charge is 2.18.